The summed E-state index contributed by atoms with van der Waals surface area (Å²) >= 11 is 0. The number of nitrogens with one attached hydrogen (secondary N) is 3. The fourth-order valence-electron chi connectivity index (χ4n) is 7.29. The Bertz CT molecular complexity index is 1090. The normalized spacial score (nSPS) is 12.8. The molecule has 2 unspecified atom stereocenters. The minimum Gasteiger partial charge on any atom is -0.379 e. The molecule has 306 valence electrons. The van der Waals surface area contributed by atoms with Crippen LogP contribution >= 0.6 is 0 Å². The van der Waals surface area contributed by atoms with Crippen LogP contribution in [0, 0.1) is 0 Å². The van der Waals surface area contributed by atoms with E-state index in [2.05, 4.69) is 47.7 Å². The van der Waals surface area contributed by atoms with E-state index in [0.29, 0.717) is 26.2 Å². The lowest BCUT2D eigenvalue weighted by atomic mass is 10.1. The number of amides is 1. The third-order valence-corrected chi connectivity index (χ3v) is 10.8. The van der Waals surface area contributed by atoms with Crippen molar-refractivity contribution in [3.05, 3.63) is 36.0 Å². The van der Waals surface area contributed by atoms with Gasteiger partial charge in [-0.25, -0.2) is 0 Å². The maximum Gasteiger partial charge on any atom is 0.237 e. The molecule has 0 radical (unpaired) electrons. The van der Waals surface area contributed by atoms with E-state index in [1.54, 1.807) is 0 Å². The number of unbranched alkanes of at least 4 members (excludes halogenated alkanes) is 23. The van der Waals surface area contributed by atoms with Crippen molar-refractivity contribution in [2.45, 2.75) is 206 Å². The summed E-state index contributed by atoms with van der Waals surface area (Å²) in [6, 6.07) is 8.03. The van der Waals surface area contributed by atoms with E-state index in [1.165, 1.54) is 152 Å². The molecule has 7 nitrogen and oxygen atoms in total. The summed E-state index contributed by atoms with van der Waals surface area (Å²) < 4.78 is 12.5. The molecule has 2 aromatic rings. The molecule has 2 rings (SSSR count). The van der Waals surface area contributed by atoms with E-state index < -0.39 is 0 Å². The number of rotatable bonds is 39. The predicted molar refractivity (Wildman–Crippen MR) is 228 cm³/mol. The van der Waals surface area contributed by atoms with Gasteiger partial charge in [0.2, 0.25) is 5.91 Å². The lowest BCUT2D eigenvalue weighted by molar-refractivity contribution is -0.124. The second-order valence-corrected chi connectivity index (χ2v) is 15.7. The molecule has 5 N–H and O–H groups in total. The molecule has 0 fully saturated rings. The molecule has 7 heteroatoms. The van der Waals surface area contributed by atoms with Crippen molar-refractivity contribution in [1.82, 2.24) is 15.6 Å². The standard InChI is InChI=1S/C46H84N4O3/c1-3-5-7-9-11-13-15-17-19-21-23-29-35-52-40-42(53-36-30-24-22-20-18-16-14-12-10-8-6-4-2)39-50-46(51)45(33-27-28-34-47)49-38-41-37-48-44-32-26-25-31-43(41)44/h25-26,31-32,37,42,45,48-49H,3-24,27-30,33-36,38-40,47H2,1-2H3,(H,50,51). The van der Waals surface area contributed by atoms with Crippen molar-refractivity contribution < 1.29 is 14.3 Å². The van der Waals surface area contributed by atoms with Crippen molar-refractivity contribution in [3.63, 3.8) is 0 Å². The first-order valence-electron chi connectivity index (χ1n) is 22.6. The van der Waals surface area contributed by atoms with E-state index in [4.69, 9.17) is 15.2 Å². The zero-order chi connectivity index (χ0) is 37.9. The summed E-state index contributed by atoms with van der Waals surface area (Å²) in [5.74, 6) is 0.0294. The number of H-pyrrole nitrogens is 1. The summed E-state index contributed by atoms with van der Waals surface area (Å²) in [5.41, 5.74) is 8.08. The molecular formula is C46H84N4O3. The van der Waals surface area contributed by atoms with E-state index in [9.17, 15) is 4.79 Å². The van der Waals surface area contributed by atoms with Gasteiger partial charge in [0.1, 0.15) is 0 Å². The first-order valence-corrected chi connectivity index (χ1v) is 22.6. The Balaban J connectivity index is 1.73. The highest BCUT2D eigenvalue weighted by Gasteiger charge is 2.20. The van der Waals surface area contributed by atoms with Gasteiger partial charge in [0.15, 0.2) is 0 Å². The molecule has 0 spiro atoms. The Morgan fingerprint density at radius 2 is 1.21 bits per heavy atom. The van der Waals surface area contributed by atoms with Gasteiger partial charge in [-0.1, -0.05) is 180 Å². The Morgan fingerprint density at radius 1 is 0.679 bits per heavy atom. The molecule has 1 aromatic heterocycles. The SMILES string of the molecule is CCCCCCCCCCCCCCOCC(CNC(=O)C(CCCCN)NCc1c[nH]c2ccccc12)OCCCCCCCCCCCCCC. The van der Waals surface area contributed by atoms with Gasteiger partial charge in [0.25, 0.3) is 0 Å². The van der Waals surface area contributed by atoms with Crippen LogP contribution < -0.4 is 16.4 Å². The molecule has 0 aliphatic rings. The minimum atomic E-state index is -0.283. The van der Waals surface area contributed by atoms with Crippen molar-refractivity contribution >= 4 is 16.8 Å². The van der Waals surface area contributed by atoms with Gasteiger partial charge in [0, 0.05) is 43.4 Å². The van der Waals surface area contributed by atoms with Crippen molar-refractivity contribution in [2.24, 2.45) is 5.73 Å². The van der Waals surface area contributed by atoms with Gasteiger partial charge in [0.05, 0.1) is 18.8 Å². The summed E-state index contributed by atoms with van der Waals surface area (Å²) in [5, 5.41) is 7.97. The van der Waals surface area contributed by atoms with E-state index in [0.717, 1.165) is 50.8 Å². The number of aromatic nitrogens is 1. The molecule has 0 aliphatic heterocycles. The van der Waals surface area contributed by atoms with Crippen LogP contribution in [0.5, 0.6) is 0 Å². The van der Waals surface area contributed by atoms with Crippen molar-refractivity contribution in [1.29, 1.82) is 0 Å². The van der Waals surface area contributed by atoms with Crippen LogP contribution in [-0.2, 0) is 20.8 Å². The zero-order valence-electron chi connectivity index (χ0n) is 34.7. The number of hydrogen-bond acceptors (Lipinski definition) is 5. The van der Waals surface area contributed by atoms with Crippen LogP contribution in [0.3, 0.4) is 0 Å². The van der Waals surface area contributed by atoms with Crippen molar-refractivity contribution in [2.75, 3.05) is 32.9 Å². The molecule has 0 saturated carbocycles. The highest BCUT2D eigenvalue weighted by Crippen LogP contribution is 2.18. The Morgan fingerprint density at radius 3 is 1.77 bits per heavy atom. The number of nitrogens with two attached hydrogens (primary N) is 1. The highest BCUT2D eigenvalue weighted by molar-refractivity contribution is 5.84. The molecule has 0 saturated heterocycles. The van der Waals surface area contributed by atoms with Gasteiger partial charge in [-0.2, -0.15) is 0 Å². The number of para-hydroxylation sites is 1. The number of carbonyl (C=O) groups excluding carboxylic acids is 1. The molecule has 0 bridgehead atoms. The molecule has 1 aromatic carbocycles. The summed E-state index contributed by atoms with van der Waals surface area (Å²) in [7, 11) is 0. The molecule has 1 heterocycles. The summed E-state index contributed by atoms with van der Waals surface area (Å²) in [4.78, 5) is 16.9. The molecule has 0 aliphatic carbocycles. The van der Waals surface area contributed by atoms with Gasteiger partial charge < -0.3 is 30.8 Å². The first-order chi connectivity index (χ1) is 26.2. The van der Waals surface area contributed by atoms with Gasteiger partial charge >= 0.3 is 0 Å². The molecular weight excluding hydrogens is 657 g/mol. The fourth-order valence-corrected chi connectivity index (χ4v) is 7.29. The maximum atomic E-state index is 13.5. The maximum absolute atomic E-state index is 13.5. The predicted octanol–water partition coefficient (Wildman–Crippen LogP) is 11.7. The van der Waals surface area contributed by atoms with Crippen LogP contribution in [0.4, 0.5) is 0 Å². The quantitative estimate of drug-likeness (QED) is 0.0511. The first kappa shape index (κ1) is 47.2. The van der Waals surface area contributed by atoms with Gasteiger partial charge in [-0.3, -0.25) is 4.79 Å². The van der Waals surface area contributed by atoms with E-state index >= 15 is 0 Å². The molecule has 53 heavy (non-hydrogen) atoms. The van der Waals surface area contributed by atoms with Crippen LogP contribution in [0.15, 0.2) is 30.5 Å². The molecule has 2 atom stereocenters. The topological polar surface area (TPSA) is 101 Å². The number of benzene rings is 1. The number of carbonyl (C=O) groups is 1. The smallest absolute Gasteiger partial charge is 0.237 e. The monoisotopic (exact) mass is 741 g/mol. The number of hydrogen-bond donors (Lipinski definition) is 4. The second kappa shape index (κ2) is 34.6. The van der Waals surface area contributed by atoms with Crippen LogP contribution in [-0.4, -0.2) is 55.9 Å². The number of ether oxygens (including phenoxy) is 2. The Kier molecular flexibility index (Phi) is 30.8. The third kappa shape index (κ3) is 25.0. The van der Waals surface area contributed by atoms with E-state index in [1.807, 2.05) is 12.3 Å². The van der Waals surface area contributed by atoms with Crippen LogP contribution in [0.2, 0.25) is 0 Å². The molecule has 1 amide bonds. The minimum absolute atomic E-state index is 0.0294. The van der Waals surface area contributed by atoms with Crippen LogP contribution in [0.25, 0.3) is 10.9 Å². The largest absolute Gasteiger partial charge is 0.379 e. The zero-order valence-corrected chi connectivity index (χ0v) is 34.7. The Hall–Kier alpha value is -1.93. The average Bonchev–Trinajstić information content (AvgIpc) is 3.59. The third-order valence-electron chi connectivity index (χ3n) is 10.8. The number of aromatic amines is 1. The lowest BCUT2D eigenvalue weighted by Gasteiger charge is -2.22. The average molecular weight is 741 g/mol. The van der Waals surface area contributed by atoms with Crippen molar-refractivity contribution in [3.8, 4) is 0 Å². The van der Waals surface area contributed by atoms with Gasteiger partial charge in [-0.15, -0.1) is 0 Å². The van der Waals surface area contributed by atoms with E-state index in [-0.39, 0.29) is 18.1 Å². The van der Waals surface area contributed by atoms with Crippen LogP contribution in [0.1, 0.15) is 193 Å². The number of fused-ring (bicyclic) bond motifs is 1. The fraction of sp³-hybridized carbons (Fsp3) is 0.804. The highest BCUT2D eigenvalue weighted by atomic mass is 16.5. The summed E-state index contributed by atoms with van der Waals surface area (Å²) in [6.45, 7) is 8.32. The lowest BCUT2D eigenvalue weighted by Crippen LogP contribution is -2.47. The Labute approximate surface area is 326 Å². The van der Waals surface area contributed by atoms with Gasteiger partial charge in [-0.05, 0) is 43.9 Å². The second-order valence-electron chi connectivity index (χ2n) is 15.7. The summed E-state index contributed by atoms with van der Waals surface area (Å²) in [6.07, 6.45) is 36.5.